The minimum absolute atomic E-state index is 0.0402. The monoisotopic (exact) mass is 652 g/mol. The van der Waals surface area contributed by atoms with E-state index in [0.717, 1.165) is 5.57 Å². The molecule has 47 heavy (non-hydrogen) atoms. The number of hydrogen-bond acceptors (Lipinski definition) is 7. The van der Waals surface area contributed by atoms with Gasteiger partial charge in [0.1, 0.15) is 29.5 Å². The van der Waals surface area contributed by atoms with E-state index >= 15 is 0 Å². The van der Waals surface area contributed by atoms with Crippen molar-refractivity contribution in [3.8, 4) is 5.75 Å². The Morgan fingerprint density at radius 1 is 1.09 bits per heavy atom. The van der Waals surface area contributed by atoms with Crippen LogP contribution in [0.1, 0.15) is 70.7 Å². The molecule has 1 saturated heterocycles. The van der Waals surface area contributed by atoms with Gasteiger partial charge in [0.05, 0.1) is 5.56 Å². The van der Waals surface area contributed by atoms with Gasteiger partial charge in [-0.25, -0.2) is 4.79 Å². The maximum absolute atomic E-state index is 14.1. The number of para-hydroxylation sites is 1. The Kier molecular flexibility index (Phi) is 14.4. The highest BCUT2D eigenvalue weighted by Crippen LogP contribution is 2.25. The van der Waals surface area contributed by atoms with Crippen LogP contribution in [0.5, 0.6) is 5.75 Å². The zero-order chi connectivity index (χ0) is 35.5. The van der Waals surface area contributed by atoms with Gasteiger partial charge in [0.15, 0.2) is 6.61 Å². The number of amides is 4. The van der Waals surface area contributed by atoms with Crippen LogP contribution in [0.4, 0.5) is 0 Å². The van der Waals surface area contributed by atoms with Crippen LogP contribution in [-0.2, 0) is 23.9 Å². The van der Waals surface area contributed by atoms with Crippen molar-refractivity contribution in [2.24, 2.45) is 5.92 Å². The van der Waals surface area contributed by atoms with Crippen molar-refractivity contribution >= 4 is 29.6 Å². The van der Waals surface area contributed by atoms with E-state index in [2.05, 4.69) is 18.5 Å². The maximum Gasteiger partial charge on any atom is 0.344 e. The fourth-order valence-electron chi connectivity index (χ4n) is 5.37. The Labute approximate surface area is 279 Å². The van der Waals surface area contributed by atoms with Crippen molar-refractivity contribution in [1.82, 2.24) is 20.0 Å². The van der Waals surface area contributed by atoms with Crippen molar-refractivity contribution in [1.29, 1.82) is 0 Å². The summed E-state index contributed by atoms with van der Waals surface area (Å²) in [5.41, 5.74) is 0.210. The van der Waals surface area contributed by atoms with E-state index in [-0.39, 0.29) is 41.4 Å². The molecule has 1 aromatic rings. The van der Waals surface area contributed by atoms with Gasteiger partial charge in [0.2, 0.25) is 17.7 Å². The molecule has 11 nitrogen and oxygen atoms in total. The van der Waals surface area contributed by atoms with Crippen LogP contribution in [0.3, 0.4) is 0 Å². The van der Waals surface area contributed by atoms with Crippen LogP contribution >= 0.6 is 0 Å². The van der Waals surface area contributed by atoms with Gasteiger partial charge >= 0.3 is 5.97 Å². The number of allylic oxidation sites excluding steroid dienone is 3. The summed E-state index contributed by atoms with van der Waals surface area (Å²) in [7, 11) is 4.83. The zero-order valence-corrected chi connectivity index (χ0v) is 29.2. The average Bonchev–Trinajstić information content (AvgIpc) is 3.49. The second-order valence-electron chi connectivity index (χ2n) is 13.3. The number of nitrogens with zero attached hydrogens (tertiary/aromatic N) is 3. The Balaban J connectivity index is 2.30. The number of hydrogen-bond donors (Lipinski definition) is 1. The Hall–Kier alpha value is -4.41. The molecule has 0 saturated carbocycles. The predicted molar refractivity (Wildman–Crippen MR) is 182 cm³/mol. The Morgan fingerprint density at radius 3 is 2.32 bits per heavy atom. The van der Waals surface area contributed by atoms with Gasteiger partial charge in [-0.15, -0.1) is 0 Å². The number of likely N-dealkylation sites (N-methyl/N-ethyl adjacent to an activating group) is 2. The number of carbonyl (C=O) groups is 5. The summed E-state index contributed by atoms with van der Waals surface area (Å²) in [6, 6.07) is 3.91. The lowest BCUT2D eigenvalue weighted by Crippen LogP contribution is -2.56. The molecule has 0 aromatic heterocycles. The van der Waals surface area contributed by atoms with E-state index in [1.54, 1.807) is 84.4 Å². The first-order chi connectivity index (χ1) is 22.0. The first-order valence-corrected chi connectivity index (χ1v) is 16.0. The molecule has 1 aromatic carbocycles. The lowest BCUT2D eigenvalue weighted by Gasteiger charge is -2.35. The van der Waals surface area contributed by atoms with Crippen molar-refractivity contribution < 1.29 is 33.4 Å². The van der Waals surface area contributed by atoms with Gasteiger partial charge < -0.3 is 29.5 Å². The molecule has 0 spiro atoms. The van der Waals surface area contributed by atoms with Crippen LogP contribution in [0.15, 0.2) is 61.2 Å². The molecule has 3 atom stereocenters. The highest BCUT2D eigenvalue weighted by molar-refractivity contribution is 6.00. The van der Waals surface area contributed by atoms with E-state index in [1.807, 2.05) is 13.8 Å². The molecule has 4 amide bonds. The third-order valence-electron chi connectivity index (χ3n) is 7.59. The van der Waals surface area contributed by atoms with E-state index in [0.29, 0.717) is 25.8 Å². The first-order valence-electron chi connectivity index (χ1n) is 16.0. The Bertz CT molecular complexity index is 1340. The van der Waals surface area contributed by atoms with Crippen LogP contribution in [0, 0.1) is 5.92 Å². The first kappa shape index (κ1) is 38.8. The van der Waals surface area contributed by atoms with Crippen molar-refractivity contribution in [3.05, 3.63) is 66.8 Å². The summed E-state index contributed by atoms with van der Waals surface area (Å²) in [6.45, 7) is 16.6. The van der Waals surface area contributed by atoms with Crippen LogP contribution in [0.2, 0.25) is 0 Å². The van der Waals surface area contributed by atoms with E-state index in [1.165, 1.54) is 14.7 Å². The maximum atomic E-state index is 14.1. The largest absolute Gasteiger partial charge is 0.481 e. The number of esters is 1. The molecule has 1 aliphatic rings. The SMILES string of the molecule is C=C/C=C(\C=C)C[C@@H](C(=O)N(C)C)N(C)C(=O)[C@H]1CCCN1C(=O)[C@@H](CC(C)C)NC(=O)c1ccccc1OCC(=O)OC(C)(C)C. The molecule has 0 aliphatic carbocycles. The molecule has 0 radical (unpaired) electrons. The van der Waals surface area contributed by atoms with E-state index < -0.39 is 42.2 Å². The topological polar surface area (TPSA) is 126 Å². The normalized spacial score (nSPS) is 16.1. The average molecular weight is 653 g/mol. The van der Waals surface area contributed by atoms with Gasteiger partial charge in [-0.2, -0.15) is 0 Å². The second kappa shape index (κ2) is 17.5. The smallest absolute Gasteiger partial charge is 0.344 e. The molecular formula is C36H52N4O7. The number of rotatable bonds is 15. The summed E-state index contributed by atoms with van der Waals surface area (Å²) in [6.07, 6.45) is 6.56. The lowest BCUT2D eigenvalue weighted by atomic mass is 10.0. The van der Waals surface area contributed by atoms with Crippen LogP contribution < -0.4 is 10.1 Å². The summed E-state index contributed by atoms with van der Waals surface area (Å²) in [5.74, 6) is -1.91. The van der Waals surface area contributed by atoms with Crippen LogP contribution in [-0.4, -0.2) is 102 Å². The summed E-state index contributed by atoms with van der Waals surface area (Å²) >= 11 is 0. The standard InChI is InChI=1S/C36H52N4O7/c1-11-16-25(12-2)22-29(34(44)38(8)9)39(10)35(45)28-18-15-20-40(28)33(43)27(21-24(3)4)37-32(42)26-17-13-14-19-30(26)46-23-31(41)47-36(5,6)7/h11-14,16-17,19,24,27-29H,1-2,15,18,20-23H2,3-10H3,(H,37,42)/b25-16+/t27-,28-,29+/m1/s1. The summed E-state index contributed by atoms with van der Waals surface area (Å²) < 4.78 is 10.9. The van der Waals surface area contributed by atoms with Crippen molar-refractivity contribution in [3.63, 3.8) is 0 Å². The third-order valence-corrected chi connectivity index (χ3v) is 7.59. The number of benzene rings is 1. The fourth-order valence-corrected chi connectivity index (χ4v) is 5.37. The van der Waals surface area contributed by atoms with E-state index in [4.69, 9.17) is 9.47 Å². The third kappa shape index (κ3) is 11.4. The van der Waals surface area contributed by atoms with Gasteiger partial charge in [-0.05, 0) is 63.7 Å². The molecule has 1 aliphatic heterocycles. The molecule has 0 bridgehead atoms. The molecule has 1 N–H and O–H groups in total. The molecule has 1 heterocycles. The molecule has 2 rings (SSSR count). The Morgan fingerprint density at radius 2 is 1.74 bits per heavy atom. The minimum Gasteiger partial charge on any atom is -0.481 e. The van der Waals surface area contributed by atoms with Gasteiger partial charge in [-0.3, -0.25) is 19.2 Å². The molecule has 258 valence electrons. The van der Waals surface area contributed by atoms with Crippen molar-refractivity contribution in [2.45, 2.75) is 84.0 Å². The number of nitrogens with one attached hydrogen (secondary N) is 1. The minimum atomic E-state index is -0.929. The molecule has 0 unspecified atom stereocenters. The number of carbonyl (C=O) groups excluding carboxylic acids is 5. The quantitative estimate of drug-likeness (QED) is 0.223. The highest BCUT2D eigenvalue weighted by Gasteiger charge is 2.41. The molecule has 1 fully saturated rings. The lowest BCUT2D eigenvalue weighted by molar-refractivity contribution is -0.157. The zero-order valence-electron chi connectivity index (χ0n) is 29.2. The number of likely N-dealkylation sites (tertiary alicyclic amines) is 1. The highest BCUT2D eigenvalue weighted by atomic mass is 16.6. The predicted octanol–water partition coefficient (Wildman–Crippen LogP) is 4.15. The van der Waals surface area contributed by atoms with Crippen LogP contribution in [0.25, 0.3) is 0 Å². The number of ether oxygens (including phenoxy) is 2. The van der Waals surface area contributed by atoms with Gasteiger partial charge in [0.25, 0.3) is 5.91 Å². The molecular weight excluding hydrogens is 600 g/mol. The van der Waals surface area contributed by atoms with E-state index in [9.17, 15) is 24.0 Å². The molecule has 11 heteroatoms. The second-order valence-corrected chi connectivity index (χ2v) is 13.3. The van der Waals surface area contributed by atoms with Gasteiger partial charge in [0, 0.05) is 34.1 Å². The van der Waals surface area contributed by atoms with Crippen molar-refractivity contribution in [2.75, 3.05) is 34.3 Å². The fraction of sp³-hybridized carbons (Fsp3) is 0.528. The summed E-state index contributed by atoms with van der Waals surface area (Å²) in [4.78, 5) is 71.4. The summed E-state index contributed by atoms with van der Waals surface area (Å²) in [5, 5.41) is 2.86. The van der Waals surface area contributed by atoms with Gasteiger partial charge in [-0.1, -0.05) is 57.4 Å².